The summed E-state index contributed by atoms with van der Waals surface area (Å²) in [5.41, 5.74) is 3.10. The van der Waals surface area contributed by atoms with Gasteiger partial charge >= 0.3 is 23.8 Å². The first-order chi connectivity index (χ1) is 19.2. The molecule has 0 unspecified atom stereocenters. The van der Waals surface area contributed by atoms with E-state index >= 15 is 0 Å². The minimum absolute atomic E-state index is 0.0393. The molecule has 12 nitrogen and oxygen atoms in total. The van der Waals surface area contributed by atoms with Crippen LogP contribution in [0.15, 0.2) is 53.6 Å². The number of thiophene rings is 1. The first kappa shape index (κ1) is 28.1. The van der Waals surface area contributed by atoms with Gasteiger partial charge in [0.05, 0.1) is 23.3 Å². The molecule has 1 heterocycles. The fraction of sp³-hybridized carbons (Fsp3) is 0.222. The number of esters is 2. The van der Waals surface area contributed by atoms with Gasteiger partial charge in [0.1, 0.15) is 16.3 Å². The van der Waals surface area contributed by atoms with E-state index in [4.69, 9.17) is 9.47 Å². The van der Waals surface area contributed by atoms with Gasteiger partial charge in [-0.1, -0.05) is 24.3 Å². The number of amides is 2. The van der Waals surface area contributed by atoms with E-state index in [1.54, 1.807) is 18.2 Å². The Kier molecular flexibility index (Phi) is 8.64. The lowest BCUT2D eigenvalue weighted by Gasteiger charge is -2.11. The lowest BCUT2D eigenvalue weighted by atomic mass is 9.95. The molecule has 206 valence electrons. The van der Waals surface area contributed by atoms with Gasteiger partial charge in [-0.15, -0.1) is 11.3 Å². The molecule has 0 bridgehead atoms. The van der Waals surface area contributed by atoms with E-state index in [1.165, 1.54) is 55.7 Å². The number of benzene rings is 2. The molecule has 1 aliphatic carbocycles. The van der Waals surface area contributed by atoms with Gasteiger partial charge in [0, 0.05) is 16.5 Å². The summed E-state index contributed by atoms with van der Waals surface area (Å²) in [7, 11) is 1.25. The summed E-state index contributed by atoms with van der Waals surface area (Å²) in [5, 5.41) is 18.0. The van der Waals surface area contributed by atoms with Gasteiger partial charge in [0.2, 0.25) is 0 Å². The Bertz CT molecular complexity index is 1540. The molecule has 4 rings (SSSR count). The van der Waals surface area contributed by atoms with Crippen molar-refractivity contribution in [1.29, 1.82) is 0 Å². The van der Waals surface area contributed by atoms with E-state index in [1.807, 2.05) is 0 Å². The number of carbonyl (C=O) groups is 4. The molecule has 0 saturated heterocycles. The lowest BCUT2D eigenvalue weighted by molar-refractivity contribution is -0.385. The van der Waals surface area contributed by atoms with Crippen LogP contribution >= 0.6 is 11.3 Å². The molecule has 0 radical (unpaired) electrons. The van der Waals surface area contributed by atoms with Crippen LogP contribution in [-0.4, -0.2) is 41.5 Å². The van der Waals surface area contributed by atoms with E-state index < -0.39 is 34.4 Å². The smallest absolute Gasteiger partial charge is 0.350 e. The minimum atomic E-state index is -1.09. The van der Waals surface area contributed by atoms with Gasteiger partial charge in [0.25, 0.3) is 5.69 Å². The fourth-order valence-electron chi connectivity index (χ4n) is 4.19. The van der Waals surface area contributed by atoms with E-state index in [-0.39, 0.29) is 27.6 Å². The second kappa shape index (κ2) is 12.3. The van der Waals surface area contributed by atoms with E-state index in [0.29, 0.717) is 12.0 Å². The van der Waals surface area contributed by atoms with Crippen LogP contribution in [0.1, 0.15) is 56.5 Å². The highest BCUT2D eigenvalue weighted by Crippen LogP contribution is 2.38. The molecule has 0 spiro atoms. The van der Waals surface area contributed by atoms with Crippen LogP contribution in [0.3, 0.4) is 0 Å². The predicted molar refractivity (Wildman–Crippen MR) is 146 cm³/mol. The summed E-state index contributed by atoms with van der Waals surface area (Å²) < 4.78 is 10.3. The van der Waals surface area contributed by atoms with Gasteiger partial charge in [-0.3, -0.25) is 19.7 Å². The van der Waals surface area contributed by atoms with Crippen LogP contribution in [0, 0.1) is 10.1 Å². The number of aryl methyl sites for hydroxylation is 1. The van der Waals surface area contributed by atoms with Crippen molar-refractivity contribution in [3.63, 3.8) is 0 Å². The molecule has 2 amide bonds. The zero-order chi connectivity index (χ0) is 28.8. The third-order valence-electron chi connectivity index (χ3n) is 6.12. The Morgan fingerprint density at radius 1 is 0.950 bits per heavy atom. The number of carbonyl (C=O) groups excluding carboxylic acids is 4. The Hall–Kier alpha value is -4.91. The maximum absolute atomic E-state index is 12.7. The quantitative estimate of drug-likeness (QED) is 0.108. The molecule has 0 fully saturated rings. The monoisotopic (exact) mass is 564 g/mol. The maximum Gasteiger partial charge on any atom is 0.350 e. The number of hydrogen-bond donors (Lipinski definition) is 2. The second-order valence-electron chi connectivity index (χ2n) is 8.66. The molecule has 2 N–H and O–H groups in total. The SMILES string of the molecule is COC(=O)c1c(NC(=O)C(=O)N/N=C(\C)c2ccccc2OC(=O)c2ccccc2[N+](=O)[O-])sc2c1CCCC2. The van der Waals surface area contributed by atoms with Crippen molar-refractivity contribution in [2.75, 3.05) is 12.4 Å². The highest BCUT2D eigenvalue weighted by atomic mass is 32.1. The van der Waals surface area contributed by atoms with Crippen molar-refractivity contribution in [2.45, 2.75) is 32.6 Å². The number of nitro benzene ring substituents is 1. The van der Waals surface area contributed by atoms with E-state index in [9.17, 15) is 29.3 Å². The Morgan fingerprint density at radius 3 is 2.35 bits per heavy atom. The van der Waals surface area contributed by atoms with Crippen LogP contribution in [0.2, 0.25) is 0 Å². The lowest BCUT2D eigenvalue weighted by Crippen LogP contribution is -2.33. The highest BCUT2D eigenvalue weighted by molar-refractivity contribution is 7.17. The number of nitro groups is 1. The van der Waals surface area contributed by atoms with Crippen LogP contribution in [0.25, 0.3) is 0 Å². The van der Waals surface area contributed by atoms with Crippen LogP contribution < -0.4 is 15.5 Å². The first-order valence-electron chi connectivity index (χ1n) is 12.1. The molecule has 0 atom stereocenters. The zero-order valence-corrected chi connectivity index (χ0v) is 22.3. The van der Waals surface area contributed by atoms with Crippen molar-refractivity contribution >= 4 is 51.5 Å². The summed E-state index contributed by atoms with van der Waals surface area (Å²) in [6.45, 7) is 1.51. The number of hydrazone groups is 1. The summed E-state index contributed by atoms with van der Waals surface area (Å²) in [4.78, 5) is 61.8. The number of anilines is 1. The summed E-state index contributed by atoms with van der Waals surface area (Å²) in [6, 6.07) is 11.6. The van der Waals surface area contributed by atoms with Crippen molar-refractivity contribution in [3.8, 4) is 5.75 Å². The van der Waals surface area contributed by atoms with Crippen LogP contribution in [0.4, 0.5) is 10.7 Å². The van der Waals surface area contributed by atoms with E-state index in [2.05, 4.69) is 15.8 Å². The molecule has 1 aromatic heterocycles. The predicted octanol–water partition coefficient (Wildman–Crippen LogP) is 4.02. The normalized spacial score (nSPS) is 12.6. The average molecular weight is 565 g/mol. The van der Waals surface area contributed by atoms with Crippen LogP contribution in [0.5, 0.6) is 5.75 Å². The van der Waals surface area contributed by atoms with Gasteiger partial charge in [0.15, 0.2) is 0 Å². The number of nitrogens with zero attached hydrogens (tertiary/aromatic N) is 2. The van der Waals surface area contributed by atoms with Crippen molar-refractivity contribution in [1.82, 2.24) is 5.43 Å². The zero-order valence-electron chi connectivity index (χ0n) is 21.5. The molecule has 13 heteroatoms. The third-order valence-corrected chi connectivity index (χ3v) is 7.33. The number of methoxy groups -OCH3 is 1. The maximum atomic E-state index is 12.7. The number of para-hydroxylation sites is 2. The number of ether oxygens (including phenoxy) is 2. The van der Waals surface area contributed by atoms with Crippen molar-refractivity contribution in [2.24, 2.45) is 5.10 Å². The average Bonchev–Trinajstić information content (AvgIpc) is 3.33. The highest BCUT2D eigenvalue weighted by Gasteiger charge is 2.28. The topological polar surface area (TPSA) is 166 Å². The van der Waals surface area contributed by atoms with Crippen LogP contribution in [-0.2, 0) is 27.2 Å². The van der Waals surface area contributed by atoms with Gasteiger partial charge in [-0.2, -0.15) is 5.10 Å². The van der Waals surface area contributed by atoms with Crippen molar-refractivity contribution in [3.05, 3.63) is 85.8 Å². The van der Waals surface area contributed by atoms with E-state index in [0.717, 1.165) is 29.7 Å². The molecular formula is C27H24N4O8S. The number of fused-ring (bicyclic) bond motifs is 1. The summed E-state index contributed by atoms with van der Waals surface area (Å²) in [6.07, 6.45) is 3.34. The Labute approximate surface area is 232 Å². The largest absolute Gasteiger partial charge is 0.465 e. The standard InChI is InChI=1S/C27H24N4O8S/c1-15(16-9-4-7-13-20(16)39-26(34)17-10-3-6-12-19(17)31(36)37)29-30-24(33)23(32)28-25-22(27(35)38-2)18-11-5-8-14-21(18)40-25/h3-4,6-7,9-10,12-13H,5,8,11,14H2,1-2H3,(H,28,32)(H,30,33)/b29-15+. The number of rotatable bonds is 7. The summed E-state index contributed by atoms with van der Waals surface area (Å²) >= 11 is 1.24. The number of nitrogens with one attached hydrogen (secondary N) is 2. The summed E-state index contributed by atoms with van der Waals surface area (Å²) in [5.74, 6) is -3.61. The van der Waals surface area contributed by atoms with Gasteiger partial charge in [-0.05, 0) is 56.4 Å². The number of hydrogen-bond acceptors (Lipinski definition) is 10. The molecule has 40 heavy (non-hydrogen) atoms. The Balaban J connectivity index is 1.48. The molecule has 1 aliphatic rings. The molecule has 0 aliphatic heterocycles. The molecule has 2 aromatic carbocycles. The minimum Gasteiger partial charge on any atom is -0.465 e. The van der Waals surface area contributed by atoms with Gasteiger partial charge < -0.3 is 14.8 Å². The second-order valence-corrected chi connectivity index (χ2v) is 9.76. The molecular weight excluding hydrogens is 540 g/mol. The Morgan fingerprint density at radius 2 is 1.62 bits per heavy atom. The third kappa shape index (κ3) is 6.04. The fourth-order valence-corrected chi connectivity index (χ4v) is 5.46. The first-order valence-corrected chi connectivity index (χ1v) is 13.0. The molecule has 0 saturated carbocycles. The van der Waals surface area contributed by atoms with Gasteiger partial charge in [-0.25, -0.2) is 15.0 Å². The molecule has 3 aromatic rings. The van der Waals surface area contributed by atoms with Crippen molar-refractivity contribution < 1.29 is 33.6 Å².